The van der Waals surface area contributed by atoms with E-state index in [1.807, 2.05) is 6.92 Å². The van der Waals surface area contributed by atoms with E-state index in [1.165, 1.54) is 58.4 Å². The van der Waals surface area contributed by atoms with Gasteiger partial charge in [0.1, 0.15) is 11.5 Å². The van der Waals surface area contributed by atoms with Crippen LogP contribution in [0.4, 0.5) is 0 Å². The van der Waals surface area contributed by atoms with Crippen molar-refractivity contribution in [2.45, 2.75) is 137 Å². The monoisotopic (exact) mass is 819 g/mol. The Morgan fingerprint density at radius 2 is 1.02 bits per heavy atom. The van der Waals surface area contributed by atoms with Crippen LogP contribution in [0.3, 0.4) is 0 Å². The molecule has 4 aromatic carbocycles. The quantitative estimate of drug-likeness (QED) is 0.150. The second kappa shape index (κ2) is 19.7. The average molecular weight is 819 g/mol. The van der Waals surface area contributed by atoms with Gasteiger partial charge in [-0.25, -0.2) is 0 Å². The molecule has 324 valence electrons. The number of nitrogens with zero attached hydrogens (tertiary/aromatic N) is 2. The molecule has 2 aliphatic heterocycles. The largest absolute Gasteiger partial charge is 0.490 e. The molecule has 2 aliphatic carbocycles. The topological polar surface area (TPSA) is 88.5 Å². The van der Waals surface area contributed by atoms with Gasteiger partial charge in [0.2, 0.25) is 0 Å². The van der Waals surface area contributed by atoms with Crippen LogP contribution in [-0.2, 0) is 27.4 Å². The van der Waals surface area contributed by atoms with Crippen LogP contribution < -0.4 is 9.47 Å². The third-order valence-electron chi connectivity index (χ3n) is 13.7. The molecule has 60 heavy (non-hydrogen) atoms. The number of carboxylic acid groups (broad SMARTS) is 1. The van der Waals surface area contributed by atoms with Gasteiger partial charge in [-0.05, 0) is 177 Å². The average Bonchev–Trinajstić information content (AvgIpc) is 3.23. The third-order valence-corrected chi connectivity index (χ3v) is 13.7. The Morgan fingerprint density at radius 3 is 1.47 bits per heavy atom. The van der Waals surface area contributed by atoms with Crippen LogP contribution >= 0.6 is 0 Å². The minimum Gasteiger partial charge on any atom is -0.490 e. The van der Waals surface area contributed by atoms with Crippen molar-refractivity contribution in [1.29, 1.82) is 0 Å². The number of rotatable bonds is 11. The molecule has 0 bridgehead atoms. The Hall–Kier alpha value is -4.14. The summed E-state index contributed by atoms with van der Waals surface area (Å²) in [7, 11) is 0. The zero-order valence-corrected chi connectivity index (χ0v) is 37.1. The van der Waals surface area contributed by atoms with Gasteiger partial charge >= 0.3 is 11.9 Å². The number of piperidine rings is 2. The van der Waals surface area contributed by atoms with E-state index < -0.39 is 5.97 Å². The summed E-state index contributed by atoms with van der Waals surface area (Å²) in [5, 5.41) is 14.2. The highest BCUT2D eigenvalue weighted by Gasteiger charge is 2.30. The smallest absolute Gasteiger partial charge is 0.310 e. The summed E-state index contributed by atoms with van der Waals surface area (Å²) < 4.78 is 17.8. The van der Waals surface area contributed by atoms with Crippen molar-refractivity contribution in [1.82, 2.24) is 9.80 Å². The van der Waals surface area contributed by atoms with E-state index in [1.54, 1.807) is 0 Å². The number of hydrogen-bond donors (Lipinski definition) is 1. The zero-order valence-electron chi connectivity index (χ0n) is 37.1. The minimum atomic E-state index is -0.665. The van der Waals surface area contributed by atoms with Gasteiger partial charge in [-0.1, -0.05) is 64.1 Å². The van der Waals surface area contributed by atoms with Crippen molar-refractivity contribution in [3.05, 3.63) is 83.9 Å². The van der Waals surface area contributed by atoms with Crippen LogP contribution in [0.1, 0.15) is 123 Å². The molecule has 2 saturated heterocycles. The molecule has 8 nitrogen and oxygen atoms in total. The fourth-order valence-electron chi connectivity index (χ4n) is 9.82. The molecular weight excluding hydrogens is 749 g/mol. The van der Waals surface area contributed by atoms with E-state index in [9.17, 15) is 14.7 Å². The zero-order chi connectivity index (χ0) is 42.3. The molecule has 8 rings (SSSR count). The summed E-state index contributed by atoms with van der Waals surface area (Å²) >= 11 is 0. The number of carbonyl (C=O) groups is 2. The van der Waals surface area contributed by atoms with Crippen LogP contribution in [0, 0.1) is 22.7 Å². The molecule has 8 heteroatoms. The Morgan fingerprint density at radius 1 is 0.600 bits per heavy atom. The molecule has 0 spiro atoms. The molecule has 2 saturated carbocycles. The fraction of sp³-hybridized carbons (Fsp3) is 0.577. The molecule has 2 atom stereocenters. The summed E-state index contributed by atoms with van der Waals surface area (Å²) in [4.78, 5) is 28.1. The predicted octanol–water partition coefficient (Wildman–Crippen LogP) is 11.4. The summed E-state index contributed by atoms with van der Waals surface area (Å²) in [5.74, 6) is 1.03. The van der Waals surface area contributed by atoms with Gasteiger partial charge in [0.15, 0.2) is 0 Å². The lowest BCUT2D eigenvalue weighted by Crippen LogP contribution is -2.38. The van der Waals surface area contributed by atoms with Gasteiger partial charge in [-0.2, -0.15) is 0 Å². The van der Waals surface area contributed by atoms with E-state index in [4.69, 9.17) is 14.2 Å². The molecule has 4 fully saturated rings. The lowest BCUT2D eigenvalue weighted by molar-refractivity contribution is -0.150. The number of carbonyl (C=O) groups excluding carboxylic acids is 1. The number of benzene rings is 4. The standard InChI is InChI=1S/C27H37NO3.C25H33NO3/c1-4-30-26(29)23-6-5-15-28(19-23)18-20-7-8-22-17-25(10-9-21(22)16-20)31-24-11-13-27(2,3)14-12-24;1-25(2)11-9-22(10-12-25)29-23-8-7-19-14-18(5-6-20(19)15-23)16-26-13-3-4-21(17-26)24(27)28/h7-10,16-17,23-24H,4-6,11-15,18-19H2,1-3H3;5-8,14-15,21-22H,3-4,9-13,16-17H2,1-2H3,(H,27,28). The number of esters is 1. The Kier molecular flexibility index (Phi) is 14.4. The maximum atomic E-state index is 12.1. The number of aliphatic carboxylic acids is 1. The molecule has 0 radical (unpaired) electrons. The van der Waals surface area contributed by atoms with Crippen LogP contribution in [0.2, 0.25) is 0 Å². The molecule has 4 aliphatic rings. The van der Waals surface area contributed by atoms with E-state index in [0.29, 0.717) is 36.2 Å². The molecule has 4 aromatic rings. The molecule has 2 unspecified atom stereocenters. The minimum absolute atomic E-state index is 0.0132. The number of hydrogen-bond acceptors (Lipinski definition) is 7. The van der Waals surface area contributed by atoms with Crippen molar-refractivity contribution in [3.8, 4) is 11.5 Å². The summed E-state index contributed by atoms with van der Waals surface area (Å²) in [5.41, 5.74) is 3.45. The molecule has 0 amide bonds. The van der Waals surface area contributed by atoms with Crippen molar-refractivity contribution in [2.24, 2.45) is 22.7 Å². The van der Waals surface area contributed by atoms with E-state index in [-0.39, 0.29) is 17.8 Å². The van der Waals surface area contributed by atoms with E-state index >= 15 is 0 Å². The Labute approximate surface area is 358 Å². The summed E-state index contributed by atoms with van der Waals surface area (Å²) in [6.45, 7) is 16.9. The second-order valence-electron chi connectivity index (χ2n) is 19.9. The second-order valence-corrected chi connectivity index (χ2v) is 19.9. The van der Waals surface area contributed by atoms with Crippen molar-refractivity contribution in [3.63, 3.8) is 0 Å². The Balaban J connectivity index is 0.000000182. The normalized spacial score (nSPS) is 22.8. The first-order chi connectivity index (χ1) is 28.8. The van der Waals surface area contributed by atoms with Gasteiger partial charge in [0.05, 0.1) is 30.7 Å². The number of carboxylic acids is 1. The summed E-state index contributed by atoms with van der Waals surface area (Å²) in [6.07, 6.45) is 13.9. The molecule has 2 heterocycles. The van der Waals surface area contributed by atoms with Crippen LogP contribution in [0.25, 0.3) is 21.5 Å². The van der Waals surface area contributed by atoms with Crippen molar-refractivity contribution in [2.75, 3.05) is 32.8 Å². The lowest BCUT2D eigenvalue weighted by Gasteiger charge is -2.34. The van der Waals surface area contributed by atoms with Crippen LogP contribution in [0.15, 0.2) is 72.8 Å². The lowest BCUT2D eigenvalue weighted by atomic mass is 9.76. The fourth-order valence-corrected chi connectivity index (χ4v) is 9.82. The highest BCUT2D eigenvalue weighted by atomic mass is 16.5. The molecule has 1 N–H and O–H groups in total. The van der Waals surface area contributed by atoms with Gasteiger partial charge in [0, 0.05) is 26.2 Å². The Bertz CT molecular complexity index is 2060. The van der Waals surface area contributed by atoms with Crippen LogP contribution in [-0.4, -0.2) is 71.8 Å². The first-order valence-electron chi connectivity index (χ1n) is 23.0. The first kappa shape index (κ1) is 43.9. The van der Waals surface area contributed by atoms with Crippen molar-refractivity contribution >= 4 is 33.5 Å². The predicted molar refractivity (Wildman–Crippen MR) is 241 cm³/mol. The highest BCUT2D eigenvalue weighted by Crippen LogP contribution is 2.38. The van der Waals surface area contributed by atoms with Gasteiger partial charge in [0.25, 0.3) is 0 Å². The van der Waals surface area contributed by atoms with E-state index in [2.05, 4.69) is 110 Å². The van der Waals surface area contributed by atoms with Gasteiger partial charge < -0.3 is 19.3 Å². The number of likely N-dealkylation sites (tertiary alicyclic amines) is 2. The molecular formula is C52H70N2O6. The maximum Gasteiger partial charge on any atom is 0.310 e. The number of ether oxygens (including phenoxy) is 3. The highest BCUT2D eigenvalue weighted by molar-refractivity contribution is 5.85. The maximum absolute atomic E-state index is 12.1. The van der Waals surface area contributed by atoms with Gasteiger partial charge in [-0.15, -0.1) is 0 Å². The van der Waals surface area contributed by atoms with Gasteiger partial charge in [-0.3, -0.25) is 19.4 Å². The third kappa shape index (κ3) is 12.2. The van der Waals surface area contributed by atoms with Crippen molar-refractivity contribution < 1.29 is 28.9 Å². The summed E-state index contributed by atoms with van der Waals surface area (Å²) in [6, 6.07) is 26.1. The first-order valence-corrected chi connectivity index (χ1v) is 23.0. The molecule has 0 aromatic heterocycles. The number of fused-ring (bicyclic) bond motifs is 2. The SMILES string of the molecule is CC1(C)CCC(Oc2ccc3cc(CN4CCCC(C(=O)O)C4)ccc3c2)CC1.CCOC(=O)C1CCCN(Cc2ccc3cc(OC4CCC(C)(C)CC4)ccc3c2)C1. The van der Waals surface area contributed by atoms with E-state index in [0.717, 1.165) is 95.6 Å². The van der Waals surface area contributed by atoms with Crippen LogP contribution in [0.5, 0.6) is 11.5 Å².